The number of benzene rings is 1. The minimum absolute atomic E-state index is 0.283. The number of aliphatic hydroxyl groups is 1. The molecule has 0 bridgehead atoms. The van der Waals surface area contributed by atoms with Crippen LogP contribution >= 0.6 is 0 Å². The zero-order chi connectivity index (χ0) is 12.3. The maximum atomic E-state index is 9.69. The molecule has 1 atom stereocenters. The summed E-state index contributed by atoms with van der Waals surface area (Å²) in [5.74, 6) is 1.53. The van der Waals surface area contributed by atoms with Crippen LogP contribution in [0.2, 0.25) is 0 Å². The molecule has 1 aromatic rings. The zero-order valence-corrected chi connectivity index (χ0v) is 10.1. The van der Waals surface area contributed by atoms with E-state index in [1.807, 2.05) is 43.3 Å². The number of fused-ring (bicyclic) bond motifs is 1. The molecule has 0 amide bonds. The molecule has 1 aromatic carbocycles. The number of rotatable bonds is 4. The molecule has 4 heteroatoms. The van der Waals surface area contributed by atoms with Crippen molar-refractivity contribution in [2.24, 2.45) is 0 Å². The van der Waals surface area contributed by atoms with Crippen molar-refractivity contribution in [3.05, 3.63) is 29.8 Å². The third-order valence-electron chi connectivity index (χ3n) is 2.46. The summed E-state index contributed by atoms with van der Waals surface area (Å²) >= 11 is 0. The Morgan fingerprint density at radius 1 is 1.35 bits per heavy atom. The number of aliphatic hydroxyl groups excluding tert-OH is 1. The Kier molecular flexibility index (Phi) is 3.66. The first-order chi connectivity index (χ1) is 8.15. The standard InChI is InChI=1S/C13H17NO3/c1-14(2)8-11(15)5-3-10-4-6-12-13(7-10)17-9-16-12/h3-7,11,15H,8-9H2,1-2H3/b5-3-. The summed E-state index contributed by atoms with van der Waals surface area (Å²) in [5.41, 5.74) is 0.993. The van der Waals surface area contributed by atoms with Crippen LogP contribution < -0.4 is 9.47 Å². The van der Waals surface area contributed by atoms with Gasteiger partial charge in [0.15, 0.2) is 11.5 Å². The molecule has 0 aromatic heterocycles. The Labute approximate surface area is 101 Å². The van der Waals surface area contributed by atoms with Gasteiger partial charge >= 0.3 is 0 Å². The highest BCUT2D eigenvalue weighted by molar-refractivity contribution is 5.56. The smallest absolute Gasteiger partial charge is 0.231 e. The van der Waals surface area contributed by atoms with Gasteiger partial charge in [-0.25, -0.2) is 0 Å². The normalized spacial score (nSPS) is 15.8. The number of hydrogen-bond donors (Lipinski definition) is 1. The molecule has 4 nitrogen and oxygen atoms in total. The average molecular weight is 235 g/mol. The van der Waals surface area contributed by atoms with E-state index in [1.54, 1.807) is 6.08 Å². The Morgan fingerprint density at radius 2 is 2.12 bits per heavy atom. The van der Waals surface area contributed by atoms with Crippen LogP contribution in [0.5, 0.6) is 11.5 Å². The molecular weight excluding hydrogens is 218 g/mol. The molecule has 0 spiro atoms. The van der Waals surface area contributed by atoms with Crippen LogP contribution in [0, 0.1) is 0 Å². The lowest BCUT2D eigenvalue weighted by Crippen LogP contribution is -2.23. The van der Waals surface area contributed by atoms with E-state index in [0.29, 0.717) is 6.54 Å². The summed E-state index contributed by atoms with van der Waals surface area (Å²) in [6.45, 7) is 0.896. The summed E-state index contributed by atoms with van der Waals surface area (Å²) < 4.78 is 10.5. The molecule has 1 N–H and O–H groups in total. The second-order valence-electron chi connectivity index (χ2n) is 4.30. The van der Waals surface area contributed by atoms with Crippen molar-refractivity contribution in [3.8, 4) is 11.5 Å². The fourth-order valence-electron chi connectivity index (χ4n) is 1.67. The third-order valence-corrected chi connectivity index (χ3v) is 2.46. The van der Waals surface area contributed by atoms with Crippen molar-refractivity contribution >= 4 is 6.08 Å². The average Bonchev–Trinajstić information content (AvgIpc) is 2.72. The molecule has 1 aliphatic heterocycles. The first kappa shape index (κ1) is 12.0. The van der Waals surface area contributed by atoms with Gasteiger partial charge in [-0.15, -0.1) is 0 Å². The predicted octanol–water partition coefficient (Wildman–Crippen LogP) is 1.35. The second kappa shape index (κ2) is 5.21. The highest BCUT2D eigenvalue weighted by Gasteiger charge is 2.12. The summed E-state index contributed by atoms with van der Waals surface area (Å²) in [7, 11) is 3.86. The van der Waals surface area contributed by atoms with Crippen LogP contribution in [0.4, 0.5) is 0 Å². The maximum Gasteiger partial charge on any atom is 0.231 e. The predicted molar refractivity (Wildman–Crippen MR) is 66.2 cm³/mol. The summed E-state index contributed by atoms with van der Waals surface area (Å²) in [4.78, 5) is 1.94. The summed E-state index contributed by atoms with van der Waals surface area (Å²) in [6, 6.07) is 5.72. The van der Waals surface area contributed by atoms with Crippen LogP contribution in [-0.2, 0) is 0 Å². The van der Waals surface area contributed by atoms with Crippen molar-refractivity contribution in [1.82, 2.24) is 4.90 Å². The minimum Gasteiger partial charge on any atom is -0.454 e. The molecule has 0 radical (unpaired) electrons. The van der Waals surface area contributed by atoms with Crippen molar-refractivity contribution in [1.29, 1.82) is 0 Å². The van der Waals surface area contributed by atoms with Gasteiger partial charge in [0.1, 0.15) is 0 Å². The minimum atomic E-state index is -0.463. The molecule has 2 rings (SSSR count). The molecule has 0 aliphatic carbocycles. The molecule has 17 heavy (non-hydrogen) atoms. The van der Waals surface area contributed by atoms with Crippen molar-refractivity contribution in [2.75, 3.05) is 27.4 Å². The van der Waals surface area contributed by atoms with Crippen LogP contribution in [0.15, 0.2) is 24.3 Å². The van der Waals surface area contributed by atoms with Crippen LogP contribution in [0.25, 0.3) is 6.08 Å². The van der Waals surface area contributed by atoms with Gasteiger partial charge in [0, 0.05) is 6.54 Å². The lowest BCUT2D eigenvalue weighted by atomic mass is 10.1. The highest BCUT2D eigenvalue weighted by Crippen LogP contribution is 2.32. The van der Waals surface area contributed by atoms with Gasteiger partial charge in [0.2, 0.25) is 6.79 Å². The topological polar surface area (TPSA) is 41.9 Å². The molecule has 1 aliphatic rings. The van der Waals surface area contributed by atoms with Gasteiger partial charge in [-0.3, -0.25) is 0 Å². The molecule has 1 heterocycles. The van der Waals surface area contributed by atoms with E-state index in [0.717, 1.165) is 17.1 Å². The van der Waals surface area contributed by atoms with Crippen molar-refractivity contribution < 1.29 is 14.6 Å². The summed E-state index contributed by atoms with van der Waals surface area (Å²) in [6.07, 6.45) is 3.20. The lowest BCUT2D eigenvalue weighted by Gasteiger charge is -2.12. The van der Waals surface area contributed by atoms with Gasteiger partial charge in [-0.1, -0.05) is 18.2 Å². The molecule has 0 saturated carbocycles. The monoisotopic (exact) mass is 235 g/mol. The van der Waals surface area contributed by atoms with Crippen LogP contribution in [-0.4, -0.2) is 43.5 Å². The third kappa shape index (κ3) is 3.22. The Balaban J connectivity index is 2.01. The lowest BCUT2D eigenvalue weighted by molar-refractivity contribution is 0.174. The number of ether oxygens (including phenoxy) is 2. The van der Waals surface area contributed by atoms with E-state index in [1.165, 1.54) is 0 Å². The molecule has 0 fully saturated rings. The van der Waals surface area contributed by atoms with Gasteiger partial charge in [0.05, 0.1) is 6.10 Å². The van der Waals surface area contributed by atoms with Crippen LogP contribution in [0.1, 0.15) is 5.56 Å². The fraction of sp³-hybridized carbons (Fsp3) is 0.385. The largest absolute Gasteiger partial charge is 0.454 e. The number of hydrogen-bond acceptors (Lipinski definition) is 4. The summed E-state index contributed by atoms with van der Waals surface area (Å²) in [5, 5.41) is 9.69. The van der Waals surface area contributed by atoms with E-state index in [4.69, 9.17) is 9.47 Å². The first-order valence-corrected chi connectivity index (χ1v) is 5.56. The Bertz CT molecular complexity index is 415. The maximum absolute atomic E-state index is 9.69. The van der Waals surface area contributed by atoms with Gasteiger partial charge in [-0.2, -0.15) is 0 Å². The number of likely N-dealkylation sites (N-methyl/N-ethyl adjacent to an activating group) is 1. The van der Waals surface area contributed by atoms with Gasteiger partial charge < -0.3 is 19.5 Å². The zero-order valence-electron chi connectivity index (χ0n) is 10.1. The molecular formula is C13H17NO3. The van der Waals surface area contributed by atoms with E-state index < -0.39 is 6.10 Å². The Hall–Kier alpha value is -1.52. The van der Waals surface area contributed by atoms with Crippen molar-refractivity contribution in [2.45, 2.75) is 6.10 Å². The van der Waals surface area contributed by atoms with E-state index >= 15 is 0 Å². The molecule has 92 valence electrons. The number of nitrogens with zero attached hydrogens (tertiary/aromatic N) is 1. The van der Waals surface area contributed by atoms with E-state index in [-0.39, 0.29) is 6.79 Å². The quantitative estimate of drug-likeness (QED) is 0.855. The first-order valence-electron chi connectivity index (χ1n) is 5.56. The van der Waals surface area contributed by atoms with E-state index in [2.05, 4.69) is 0 Å². The van der Waals surface area contributed by atoms with Gasteiger partial charge in [-0.05, 0) is 31.8 Å². The molecule has 0 saturated heterocycles. The van der Waals surface area contributed by atoms with E-state index in [9.17, 15) is 5.11 Å². The van der Waals surface area contributed by atoms with Crippen molar-refractivity contribution in [3.63, 3.8) is 0 Å². The SMILES string of the molecule is CN(C)CC(O)/C=C\c1ccc2c(c1)OCO2. The second-order valence-corrected chi connectivity index (χ2v) is 4.30. The van der Waals surface area contributed by atoms with Crippen LogP contribution in [0.3, 0.4) is 0 Å². The highest BCUT2D eigenvalue weighted by atomic mass is 16.7. The Morgan fingerprint density at radius 3 is 2.88 bits per heavy atom. The molecule has 1 unspecified atom stereocenters. The van der Waals surface area contributed by atoms with Gasteiger partial charge in [0.25, 0.3) is 0 Å². The fourth-order valence-corrected chi connectivity index (χ4v) is 1.67.